The highest BCUT2D eigenvalue weighted by molar-refractivity contribution is 5.93. The Morgan fingerprint density at radius 3 is 2.34 bits per heavy atom. The van der Waals surface area contributed by atoms with Crippen LogP contribution >= 0.6 is 0 Å². The number of hydrogen-bond donors (Lipinski definition) is 0. The van der Waals surface area contributed by atoms with Crippen LogP contribution in [0, 0.1) is 13.8 Å². The van der Waals surface area contributed by atoms with Gasteiger partial charge in [-0.05, 0) is 54.3 Å². The summed E-state index contributed by atoms with van der Waals surface area (Å²) in [4.78, 5) is 21.7. The highest BCUT2D eigenvalue weighted by Gasteiger charge is 2.14. The van der Waals surface area contributed by atoms with Gasteiger partial charge in [0.05, 0.1) is 12.2 Å². The molecule has 0 saturated heterocycles. The Labute approximate surface area is 186 Å². The first kappa shape index (κ1) is 19.8. The number of carbonyl (C=O) groups is 1. The van der Waals surface area contributed by atoms with Gasteiger partial charge in [-0.1, -0.05) is 42.5 Å². The average Bonchev–Trinajstić information content (AvgIpc) is 3.25. The van der Waals surface area contributed by atoms with Crippen molar-refractivity contribution in [2.75, 3.05) is 0 Å². The molecule has 6 nitrogen and oxygen atoms in total. The van der Waals surface area contributed by atoms with Crippen molar-refractivity contribution in [1.82, 2.24) is 24.7 Å². The normalized spacial score (nSPS) is 11.1. The topological polar surface area (TPSA) is 73.6 Å². The third kappa shape index (κ3) is 3.90. The number of fused-ring (bicyclic) bond motifs is 1. The van der Waals surface area contributed by atoms with Gasteiger partial charge in [-0.2, -0.15) is 5.10 Å². The van der Waals surface area contributed by atoms with Gasteiger partial charge in [0.1, 0.15) is 11.4 Å². The lowest BCUT2D eigenvalue weighted by Crippen LogP contribution is -2.12. The van der Waals surface area contributed by atoms with E-state index in [9.17, 15) is 4.79 Å². The predicted molar refractivity (Wildman–Crippen MR) is 123 cm³/mol. The SMILES string of the molecule is Cc1ccc(-c2ccc(-c3nc4ccn(CC(=O)c5cccnn5)cc-4n3)cc2)cc1C. The van der Waals surface area contributed by atoms with Crippen LogP contribution in [-0.2, 0) is 6.54 Å². The molecule has 156 valence electrons. The maximum Gasteiger partial charge on any atom is 0.202 e. The number of ketones is 1. The molecule has 0 aliphatic carbocycles. The second-order valence-corrected chi connectivity index (χ2v) is 7.84. The van der Waals surface area contributed by atoms with Crippen molar-refractivity contribution in [2.45, 2.75) is 20.4 Å². The fourth-order valence-electron chi connectivity index (χ4n) is 3.61. The van der Waals surface area contributed by atoms with Crippen LogP contribution in [0.4, 0.5) is 0 Å². The van der Waals surface area contributed by atoms with E-state index in [0.29, 0.717) is 11.5 Å². The Kier molecular flexibility index (Phi) is 5.03. The van der Waals surface area contributed by atoms with Crippen LogP contribution in [0.2, 0.25) is 0 Å². The van der Waals surface area contributed by atoms with Crippen LogP contribution in [-0.4, -0.2) is 30.5 Å². The summed E-state index contributed by atoms with van der Waals surface area (Å²) in [5.74, 6) is 0.564. The van der Waals surface area contributed by atoms with E-state index in [4.69, 9.17) is 0 Å². The van der Waals surface area contributed by atoms with Gasteiger partial charge in [0.15, 0.2) is 5.82 Å². The van der Waals surface area contributed by atoms with Crippen LogP contribution in [0.3, 0.4) is 0 Å². The molecule has 3 aromatic rings. The first-order chi connectivity index (χ1) is 15.6. The Balaban J connectivity index is 1.38. The number of pyridine rings is 1. The lowest BCUT2D eigenvalue weighted by atomic mass is 9.99. The number of rotatable bonds is 5. The number of aryl methyl sites for hydroxylation is 2. The maximum absolute atomic E-state index is 12.4. The fraction of sp³-hybridized carbons (Fsp3) is 0.115. The molecule has 0 radical (unpaired) electrons. The molecule has 5 rings (SSSR count). The van der Waals surface area contributed by atoms with Gasteiger partial charge >= 0.3 is 0 Å². The first-order valence-corrected chi connectivity index (χ1v) is 10.4. The second-order valence-electron chi connectivity index (χ2n) is 7.84. The van der Waals surface area contributed by atoms with Gasteiger partial charge in [-0.15, -0.1) is 5.10 Å². The average molecular weight is 419 g/mol. The molecular weight excluding hydrogens is 398 g/mol. The van der Waals surface area contributed by atoms with Crippen molar-refractivity contribution in [1.29, 1.82) is 0 Å². The zero-order valence-electron chi connectivity index (χ0n) is 17.9. The summed E-state index contributed by atoms with van der Waals surface area (Å²) in [7, 11) is 0. The third-order valence-corrected chi connectivity index (χ3v) is 5.59. The van der Waals surface area contributed by atoms with Gasteiger partial charge in [0, 0.05) is 24.2 Å². The quantitative estimate of drug-likeness (QED) is 0.375. The molecule has 2 aliphatic rings. The minimum Gasteiger partial charge on any atom is -0.344 e. The molecule has 0 spiro atoms. The third-order valence-electron chi connectivity index (χ3n) is 5.59. The lowest BCUT2D eigenvalue weighted by Gasteiger charge is -2.06. The first-order valence-electron chi connectivity index (χ1n) is 10.4. The summed E-state index contributed by atoms with van der Waals surface area (Å²) >= 11 is 0. The van der Waals surface area contributed by atoms with Crippen LogP contribution in [0.5, 0.6) is 0 Å². The van der Waals surface area contributed by atoms with E-state index in [-0.39, 0.29) is 12.3 Å². The smallest absolute Gasteiger partial charge is 0.202 e. The van der Waals surface area contributed by atoms with Gasteiger partial charge in [-0.25, -0.2) is 9.97 Å². The lowest BCUT2D eigenvalue weighted by molar-refractivity contribution is 0.0966. The van der Waals surface area contributed by atoms with E-state index >= 15 is 0 Å². The van der Waals surface area contributed by atoms with Crippen molar-refractivity contribution >= 4 is 5.78 Å². The van der Waals surface area contributed by atoms with E-state index in [2.05, 4.69) is 64.3 Å². The summed E-state index contributed by atoms with van der Waals surface area (Å²) in [5, 5.41) is 7.64. The van der Waals surface area contributed by atoms with Crippen molar-refractivity contribution in [2.24, 2.45) is 0 Å². The molecule has 0 fully saturated rings. The highest BCUT2D eigenvalue weighted by Crippen LogP contribution is 2.28. The minimum absolute atomic E-state index is 0.107. The molecule has 3 heterocycles. The largest absolute Gasteiger partial charge is 0.344 e. The van der Waals surface area contributed by atoms with Crippen LogP contribution in [0.25, 0.3) is 33.9 Å². The number of carbonyl (C=O) groups excluding carboxylic acids is 1. The van der Waals surface area contributed by atoms with Crippen LogP contribution < -0.4 is 0 Å². The van der Waals surface area contributed by atoms with E-state index in [1.165, 1.54) is 16.7 Å². The zero-order valence-corrected chi connectivity index (χ0v) is 17.9. The molecule has 0 bridgehead atoms. The van der Waals surface area contributed by atoms with Crippen LogP contribution in [0.15, 0.2) is 79.3 Å². The fourth-order valence-corrected chi connectivity index (χ4v) is 3.61. The van der Waals surface area contributed by atoms with Crippen molar-refractivity contribution in [3.8, 4) is 33.9 Å². The van der Waals surface area contributed by atoms with Crippen molar-refractivity contribution < 1.29 is 4.79 Å². The Morgan fingerprint density at radius 2 is 1.59 bits per heavy atom. The predicted octanol–water partition coefficient (Wildman–Crippen LogP) is 5.01. The van der Waals surface area contributed by atoms with Crippen molar-refractivity contribution in [3.63, 3.8) is 0 Å². The molecule has 2 aromatic carbocycles. The molecular formula is C26H21N5O. The Bertz CT molecular complexity index is 1370. The van der Waals surface area contributed by atoms with Gasteiger partial charge < -0.3 is 4.57 Å². The van der Waals surface area contributed by atoms with Crippen LogP contribution in [0.1, 0.15) is 21.6 Å². The number of benzene rings is 2. The number of hydrogen-bond acceptors (Lipinski definition) is 5. The molecule has 6 heteroatoms. The van der Waals surface area contributed by atoms with Gasteiger partial charge in [0.2, 0.25) is 5.78 Å². The highest BCUT2D eigenvalue weighted by atomic mass is 16.1. The molecule has 0 N–H and O–H groups in total. The van der Waals surface area contributed by atoms with Crippen molar-refractivity contribution in [3.05, 3.63) is 96.1 Å². The summed E-state index contributed by atoms with van der Waals surface area (Å²) in [6, 6.07) is 20.0. The Hall–Kier alpha value is -4.19. The van der Waals surface area contributed by atoms with E-state index in [1.807, 2.05) is 30.6 Å². The molecule has 32 heavy (non-hydrogen) atoms. The summed E-state index contributed by atoms with van der Waals surface area (Å²) in [5.41, 5.74) is 7.76. The monoisotopic (exact) mass is 419 g/mol. The molecule has 2 aliphatic heterocycles. The van der Waals surface area contributed by atoms with E-state index < -0.39 is 0 Å². The number of nitrogens with zero attached hydrogens (tertiary/aromatic N) is 5. The molecule has 0 saturated carbocycles. The summed E-state index contributed by atoms with van der Waals surface area (Å²) in [6.45, 7) is 4.42. The van der Waals surface area contributed by atoms with Gasteiger partial charge in [0.25, 0.3) is 0 Å². The molecule has 1 aromatic heterocycles. The standard InChI is InChI=1S/C26H21N5O/c1-17-5-6-21(14-18(17)2)19-7-9-20(10-8-19)26-28-22-11-13-31(15-24(22)29-26)16-25(32)23-4-3-12-27-30-23/h3-15H,16H2,1-2H3. The molecule has 0 unspecified atom stereocenters. The maximum atomic E-state index is 12.4. The number of Topliss-reactive ketones (excluding diaryl/α,β-unsaturated/α-hetero) is 1. The Morgan fingerprint density at radius 1 is 0.844 bits per heavy atom. The van der Waals surface area contributed by atoms with E-state index in [1.54, 1.807) is 22.9 Å². The molecule has 0 amide bonds. The summed E-state index contributed by atoms with van der Waals surface area (Å²) in [6.07, 6.45) is 5.22. The molecule has 0 atom stereocenters. The number of imidazole rings is 1. The second kappa shape index (κ2) is 8.15. The minimum atomic E-state index is -0.107. The summed E-state index contributed by atoms with van der Waals surface area (Å²) < 4.78 is 1.79. The zero-order chi connectivity index (χ0) is 22.1. The van der Waals surface area contributed by atoms with E-state index in [0.717, 1.165) is 22.5 Å². The van der Waals surface area contributed by atoms with Gasteiger partial charge in [-0.3, -0.25) is 4.79 Å². The number of aromatic nitrogens is 5.